The fourth-order valence-corrected chi connectivity index (χ4v) is 4.20. The minimum absolute atomic E-state index is 0.0452. The van der Waals surface area contributed by atoms with Gasteiger partial charge < -0.3 is 10.3 Å². The Hall–Kier alpha value is -3.13. The van der Waals surface area contributed by atoms with Crippen LogP contribution < -0.4 is 5.32 Å². The van der Waals surface area contributed by atoms with Crippen LogP contribution >= 0.6 is 11.3 Å². The van der Waals surface area contributed by atoms with Gasteiger partial charge in [-0.1, -0.05) is 25.0 Å². The molecule has 1 aromatic carbocycles. The first kappa shape index (κ1) is 21.1. The lowest BCUT2D eigenvalue weighted by Gasteiger charge is -2.03. The number of hydrogen-bond acceptors (Lipinski definition) is 5. The second-order valence-corrected chi connectivity index (χ2v) is 8.30. The lowest BCUT2D eigenvalue weighted by atomic mass is 10.1. The van der Waals surface area contributed by atoms with E-state index in [1.807, 2.05) is 24.3 Å². The number of rotatable bonds is 10. The number of H-pyrrole nitrogens is 1. The van der Waals surface area contributed by atoms with Gasteiger partial charge in [0, 0.05) is 18.0 Å². The Kier molecular flexibility index (Phi) is 6.99. The molecule has 160 valence electrons. The van der Waals surface area contributed by atoms with E-state index in [0.717, 1.165) is 60.4 Å². The van der Waals surface area contributed by atoms with Gasteiger partial charge in [0.05, 0.1) is 28.3 Å². The van der Waals surface area contributed by atoms with E-state index in [0.29, 0.717) is 5.69 Å². The summed E-state index contributed by atoms with van der Waals surface area (Å²) in [6, 6.07) is 10.9. The topological polar surface area (TPSA) is 83.6 Å². The number of aryl methyl sites for hydroxylation is 2. The molecule has 0 aliphatic carbocycles. The van der Waals surface area contributed by atoms with Gasteiger partial charge in [-0.05, 0) is 43.5 Å². The number of unbranched alkanes of at least 4 members (excludes halogenated alkanes) is 3. The highest BCUT2D eigenvalue weighted by molar-refractivity contribution is 7.09. The highest BCUT2D eigenvalue weighted by atomic mass is 32.1. The molecule has 0 aliphatic rings. The Balaban J connectivity index is 1.14. The Morgan fingerprint density at radius 2 is 1.87 bits per heavy atom. The third-order valence-corrected chi connectivity index (χ3v) is 5.94. The van der Waals surface area contributed by atoms with Crippen molar-refractivity contribution >= 4 is 28.3 Å². The van der Waals surface area contributed by atoms with E-state index in [1.165, 1.54) is 29.7 Å². The molecule has 2 N–H and O–H groups in total. The van der Waals surface area contributed by atoms with Crippen molar-refractivity contribution in [3.63, 3.8) is 0 Å². The van der Waals surface area contributed by atoms with Crippen LogP contribution in [-0.4, -0.2) is 25.8 Å². The monoisotopic (exact) mass is 437 g/mol. The number of amides is 1. The summed E-state index contributed by atoms with van der Waals surface area (Å²) in [5.41, 5.74) is 2.70. The third kappa shape index (κ3) is 5.73. The predicted octanol–water partition coefficient (Wildman–Crippen LogP) is 4.83. The SMILES string of the molecule is O=C(NCc1ncccc1F)c1csc(CCCCCCc2nc3ccccc3[nH]2)n1. The Bertz CT molecular complexity index is 1120. The van der Waals surface area contributed by atoms with Gasteiger partial charge >= 0.3 is 0 Å². The quantitative estimate of drug-likeness (QED) is 0.348. The normalized spacial score (nSPS) is 11.1. The molecule has 1 amide bonds. The summed E-state index contributed by atoms with van der Waals surface area (Å²) in [5.74, 6) is 0.308. The summed E-state index contributed by atoms with van der Waals surface area (Å²) in [7, 11) is 0. The molecule has 8 heteroatoms. The molecule has 0 atom stereocenters. The zero-order valence-electron chi connectivity index (χ0n) is 17.1. The van der Waals surface area contributed by atoms with Gasteiger partial charge in [-0.15, -0.1) is 11.3 Å². The Morgan fingerprint density at radius 1 is 1.03 bits per heavy atom. The number of aromatic nitrogens is 4. The molecule has 3 aromatic heterocycles. The van der Waals surface area contributed by atoms with Gasteiger partial charge in [-0.25, -0.2) is 14.4 Å². The van der Waals surface area contributed by atoms with E-state index < -0.39 is 5.82 Å². The molecule has 0 fully saturated rings. The Labute approximate surface area is 184 Å². The average molecular weight is 438 g/mol. The van der Waals surface area contributed by atoms with Crippen molar-refractivity contribution in [3.05, 3.63) is 76.0 Å². The standard InChI is InChI=1S/C23H24FN5OS/c24-16-8-7-13-25-19(16)14-26-23(30)20-15-31-22(29-20)12-4-2-1-3-11-21-27-17-9-5-6-10-18(17)28-21/h5-10,13,15H,1-4,11-12,14H2,(H,26,30)(H,27,28). The number of aromatic amines is 1. The van der Waals surface area contributed by atoms with Crippen LogP contribution in [0.15, 0.2) is 48.0 Å². The molecule has 4 rings (SSSR count). The summed E-state index contributed by atoms with van der Waals surface area (Å²) in [4.78, 5) is 28.6. The minimum Gasteiger partial charge on any atom is -0.345 e. The summed E-state index contributed by atoms with van der Waals surface area (Å²) < 4.78 is 13.6. The molecule has 31 heavy (non-hydrogen) atoms. The lowest BCUT2D eigenvalue weighted by molar-refractivity contribution is 0.0945. The van der Waals surface area contributed by atoms with Gasteiger partial charge in [-0.3, -0.25) is 9.78 Å². The van der Waals surface area contributed by atoms with Gasteiger partial charge in [0.25, 0.3) is 5.91 Å². The molecule has 3 heterocycles. The first-order valence-corrected chi connectivity index (χ1v) is 11.3. The number of carbonyl (C=O) groups excluding carboxylic acids is 1. The molecule has 0 saturated carbocycles. The van der Waals surface area contributed by atoms with Gasteiger partial charge in [0.2, 0.25) is 0 Å². The second kappa shape index (κ2) is 10.3. The van der Waals surface area contributed by atoms with Gasteiger partial charge in [-0.2, -0.15) is 0 Å². The number of para-hydroxylation sites is 2. The summed E-state index contributed by atoms with van der Waals surface area (Å²) in [6.45, 7) is 0.0452. The molecule has 6 nitrogen and oxygen atoms in total. The average Bonchev–Trinajstić information content (AvgIpc) is 3.42. The Morgan fingerprint density at radius 3 is 2.71 bits per heavy atom. The second-order valence-electron chi connectivity index (χ2n) is 7.36. The smallest absolute Gasteiger partial charge is 0.271 e. The molecule has 0 aliphatic heterocycles. The number of benzene rings is 1. The number of thiazole rings is 1. The maximum absolute atomic E-state index is 13.6. The lowest BCUT2D eigenvalue weighted by Crippen LogP contribution is -2.24. The number of hydrogen-bond donors (Lipinski definition) is 2. The predicted molar refractivity (Wildman–Crippen MR) is 119 cm³/mol. The molecule has 0 bridgehead atoms. The maximum Gasteiger partial charge on any atom is 0.271 e. The first-order chi connectivity index (χ1) is 15.2. The van der Waals surface area contributed by atoms with Crippen LogP contribution in [-0.2, 0) is 19.4 Å². The zero-order chi connectivity index (χ0) is 21.5. The molecule has 0 spiro atoms. The van der Waals surface area contributed by atoms with Crippen molar-refractivity contribution in [1.29, 1.82) is 0 Å². The fourth-order valence-electron chi connectivity index (χ4n) is 3.38. The maximum atomic E-state index is 13.6. The van der Waals surface area contributed by atoms with Crippen LogP contribution in [0.2, 0.25) is 0 Å². The molecular formula is C23H24FN5OS. The van der Waals surface area contributed by atoms with E-state index in [-0.39, 0.29) is 18.1 Å². The first-order valence-electron chi connectivity index (χ1n) is 10.4. The number of carbonyl (C=O) groups is 1. The van der Waals surface area contributed by atoms with Crippen molar-refractivity contribution < 1.29 is 9.18 Å². The number of fused-ring (bicyclic) bond motifs is 1. The number of imidazole rings is 1. The molecule has 0 unspecified atom stereocenters. The molecule has 4 aromatic rings. The zero-order valence-corrected chi connectivity index (χ0v) is 17.9. The van der Waals surface area contributed by atoms with Crippen molar-refractivity contribution in [3.8, 4) is 0 Å². The van der Waals surface area contributed by atoms with Gasteiger partial charge in [0.15, 0.2) is 0 Å². The molecule has 0 saturated heterocycles. The third-order valence-electron chi connectivity index (χ3n) is 5.03. The number of halogens is 1. The van der Waals surface area contributed by atoms with E-state index in [1.54, 1.807) is 5.38 Å². The van der Waals surface area contributed by atoms with Crippen LogP contribution in [0.4, 0.5) is 4.39 Å². The van der Waals surface area contributed by atoms with Crippen LogP contribution in [0, 0.1) is 5.82 Å². The summed E-state index contributed by atoms with van der Waals surface area (Å²) in [6.07, 6.45) is 7.68. The van der Waals surface area contributed by atoms with Crippen LogP contribution in [0.25, 0.3) is 11.0 Å². The highest BCUT2D eigenvalue weighted by Crippen LogP contribution is 2.16. The fraction of sp³-hybridized carbons (Fsp3) is 0.304. The molecule has 0 radical (unpaired) electrons. The number of pyridine rings is 1. The molecular weight excluding hydrogens is 413 g/mol. The number of nitrogens with zero attached hydrogens (tertiary/aromatic N) is 3. The van der Waals surface area contributed by atoms with E-state index in [9.17, 15) is 9.18 Å². The number of nitrogens with one attached hydrogen (secondary N) is 2. The minimum atomic E-state index is -0.429. The summed E-state index contributed by atoms with van der Waals surface area (Å²) in [5, 5.41) is 5.37. The van der Waals surface area contributed by atoms with Crippen molar-refractivity contribution in [2.24, 2.45) is 0 Å². The van der Waals surface area contributed by atoms with Crippen LogP contribution in [0.5, 0.6) is 0 Å². The van der Waals surface area contributed by atoms with E-state index in [2.05, 4.69) is 25.3 Å². The largest absolute Gasteiger partial charge is 0.345 e. The van der Waals surface area contributed by atoms with Crippen molar-refractivity contribution in [2.75, 3.05) is 0 Å². The van der Waals surface area contributed by atoms with E-state index >= 15 is 0 Å². The highest BCUT2D eigenvalue weighted by Gasteiger charge is 2.12. The summed E-state index contributed by atoms with van der Waals surface area (Å²) >= 11 is 1.49. The van der Waals surface area contributed by atoms with Crippen molar-refractivity contribution in [1.82, 2.24) is 25.3 Å². The van der Waals surface area contributed by atoms with Crippen molar-refractivity contribution in [2.45, 2.75) is 45.1 Å². The van der Waals surface area contributed by atoms with E-state index in [4.69, 9.17) is 0 Å². The van der Waals surface area contributed by atoms with Gasteiger partial charge in [0.1, 0.15) is 17.3 Å². The van der Waals surface area contributed by atoms with Crippen LogP contribution in [0.3, 0.4) is 0 Å². The van der Waals surface area contributed by atoms with Crippen LogP contribution in [0.1, 0.15) is 52.7 Å².